The van der Waals surface area contributed by atoms with Crippen LogP contribution in [0.15, 0.2) is 101 Å². The number of phenols is 1. The maximum atomic E-state index is 12.6. The summed E-state index contributed by atoms with van der Waals surface area (Å²) in [5, 5.41) is 28.1. The van der Waals surface area contributed by atoms with Crippen LogP contribution in [0.5, 0.6) is 5.75 Å². The molecule has 0 saturated carbocycles. The molecule has 298 valence electrons. The Morgan fingerprint density at radius 1 is 0.810 bits per heavy atom. The van der Waals surface area contributed by atoms with Gasteiger partial charge in [-0.15, -0.1) is 5.11 Å². The Kier molecular flexibility index (Phi) is 16.5. The Labute approximate surface area is 376 Å². The summed E-state index contributed by atoms with van der Waals surface area (Å²) >= 11 is 0. The predicted octanol–water partition coefficient (Wildman–Crippen LogP) is -3.00. The summed E-state index contributed by atoms with van der Waals surface area (Å²) in [6, 6.07) is 12.3. The number of nitrogens with two attached hydrogens (primary N) is 2. The maximum absolute atomic E-state index is 12.6. The Hall–Kier alpha value is -3.83. The smallest absolute Gasteiger partial charge is 0.744 e. The zero-order valence-corrected chi connectivity index (χ0v) is 38.4. The van der Waals surface area contributed by atoms with Crippen LogP contribution in [0.3, 0.4) is 0 Å². The number of aromatic nitrogens is 1. The molecular weight excluding hydrogens is 869 g/mol. The van der Waals surface area contributed by atoms with Gasteiger partial charge in [0.2, 0.25) is 21.8 Å². The first-order valence-corrected chi connectivity index (χ1v) is 21.0. The van der Waals surface area contributed by atoms with Crippen LogP contribution in [0.25, 0.3) is 10.8 Å². The van der Waals surface area contributed by atoms with Crippen molar-refractivity contribution < 1.29 is 121 Å². The van der Waals surface area contributed by atoms with Crippen LogP contribution in [0, 0.1) is 13.8 Å². The number of nitrogen functional groups attached to an aromatic ring is 1. The molecule has 58 heavy (non-hydrogen) atoms. The zero-order valence-electron chi connectivity index (χ0n) is 31.2. The minimum absolute atomic E-state index is 0. The van der Waals surface area contributed by atoms with E-state index in [2.05, 4.69) is 20.7 Å². The van der Waals surface area contributed by atoms with Gasteiger partial charge in [0.05, 0.1) is 36.7 Å². The number of phenolic OH excluding ortho intramolecular Hbond substituents is 1. The Balaban J connectivity index is 0.000000433. The Morgan fingerprint density at radius 2 is 1.33 bits per heavy atom. The van der Waals surface area contributed by atoms with Crippen molar-refractivity contribution in [2.24, 2.45) is 15.4 Å². The minimum atomic E-state index is -5.31. The number of aromatic hydroxyl groups is 1. The second kappa shape index (κ2) is 19.0. The summed E-state index contributed by atoms with van der Waals surface area (Å²) in [6.45, 7) is 5.47. The number of benzene rings is 4. The fourth-order valence-corrected chi connectivity index (χ4v) is 7.95. The van der Waals surface area contributed by atoms with E-state index in [0.717, 1.165) is 44.2 Å². The van der Waals surface area contributed by atoms with Crippen LogP contribution in [0.1, 0.15) is 25.1 Å². The van der Waals surface area contributed by atoms with E-state index in [1.54, 1.807) is 13.8 Å². The van der Waals surface area contributed by atoms with Crippen LogP contribution in [0.2, 0.25) is 0 Å². The third-order valence-electron chi connectivity index (χ3n) is 7.45. The van der Waals surface area contributed by atoms with Gasteiger partial charge in [0.25, 0.3) is 15.9 Å². The molecule has 4 aromatic carbocycles. The predicted molar refractivity (Wildman–Crippen MR) is 195 cm³/mol. The minimum Gasteiger partial charge on any atom is -0.744 e. The van der Waals surface area contributed by atoms with E-state index < -0.39 is 79.0 Å². The quantitative estimate of drug-likeness (QED) is 0.0496. The average Bonchev–Trinajstić information content (AvgIpc) is 3.39. The number of azo groups is 1. The standard InChI is InChI=1S/C18H16N4O10S3.C13H15N3O4S.2Na/c1-9(23)20-14-8-13-10(6-15(14)34(27,28)29)7-16(35(30,31)32)17(18(13)24)22-21-11-2-4-12(5-3-11)33(19,25)26;1-8-9(2)15-20-13(8)16(10(3)17)21(18,19)12-6-4-11(14)5-7-12;;/h2-8,24H,1H3,(H,20,23)(H2,19,25,26)(H,27,28,29)(H,30,31,32);4-7H,14H2,1-3H3;;/q;;2*+1/p-2. The van der Waals surface area contributed by atoms with E-state index in [0.29, 0.717) is 33.4 Å². The number of fused-ring (bicyclic) bond motifs is 1. The van der Waals surface area contributed by atoms with Gasteiger partial charge in [-0.25, -0.2) is 38.8 Å². The molecular formula is C31H29N7Na2O14S4. The summed E-state index contributed by atoms with van der Waals surface area (Å²) in [6.07, 6.45) is 0. The number of nitrogens with zero attached hydrogens (tertiary/aromatic N) is 4. The molecule has 27 heteroatoms. The molecule has 0 aliphatic carbocycles. The molecule has 0 aliphatic rings. The van der Waals surface area contributed by atoms with Gasteiger partial charge < -0.3 is 29.8 Å². The van der Waals surface area contributed by atoms with Crippen LogP contribution in [0.4, 0.5) is 28.6 Å². The summed E-state index contributed by atoms with van der Waals surface area (Å²) in [7, 11) is -18.6. The van der Waals surface area contributed by atoms with Crippen LogP contribution >= 0.6 is 0 Å². The van der Waals surface area contributed by atoms with Gasteiger partial charge in [-0.3, -0.25) is 9.59 Å². The molecule has 5 aromatic rings. The molecule has 0 atom stereocenters. The molecule has 21 nitrogen and oxygen atoms in total. The van der Waals surface area contributed by atoms with E-state index in [-0.39, 0.29) is 91.2 Å². The first kappa shape index (κ1) is 50.3. The van der Waals surface area contributed by atoms with Crippen molar-refractivity contribution in [1.29, 1.82) is 0 Å². The van der Waals surface area contributed by atoms with E-state index in [1.165, 1.54) is 24.3 Å². The average molecular weight is 898 g/mol. The third kappa shape index (κ3) is 11.7. The van der Waals surface area contributed by atoms with E-state index >= 15 is 0 Å². The van der Waals surface area contributed by atoms with Gasteiger partial charge in [-0.05, 0) is 86.0 Å². The van der Waals surface area contributed by atoms with Gasteiger partial charge in [0.1, 0.15) is 25.9 Å². The number of carbonyl (C=O) groups excluding carboxylic acids is 2. The van der Waals surface area contributed by atoms with Gasteiger partial charge in [-0.2, -0.15) is 9.42 Å². The Bertz CT molecular complexity index is 2870. The van der Waals surface area contributed by atoms with Gasteiger partial charge >= 0.3 is 59.1 Å². The fourth-order valence-electron chi connectivity index (χ4n) is 4.72. The van der Waals surface area contributed by atoms with Crippen LogP contribution < -0.4 is 79.6 Å². The molecule has 0 aliphatic heterocycles. The maximum Gasteiger partial charge on any atom is 1.00 e. The number of carbonyl (C=O) groups is 2. The van der Waals surface area contributed by atoms with Gasteiger partial charge in [-0.1, -0.05) is 5.16 Å². The normalized spacial score (nSPS) is 11.8. The number of primary sulfonamides is 1. The molecule has 0 radical (unpaired) electrons. The summed E-state index contributed by atoms with van der Waals surface area (Å²) in [4.78, 5) is 20.9. The van der Waals surface area contributed by atoms with Gasteiger partial charge in [0, 0.05) is 30.5 Å². The largest absolute Gasteiger partial charge is 1.00 e. The molecule has 2 amide bonds. The SMILES string of the molecule is CC(=O)N(c1onc(C)c1C)S(=O)(=O)c1ccc(N)cc1.CC(=O)Nc1cc2c(O)c(N=Nc3ccc(S(N)(=O)=O)cc3)c(S(=O)(=O)[O-])cc2cc1S(=O)(=O)[O-].[Na+].[Na+]. The zero-order chi connectivity index (χ0) is 42.1. The van der Waals surface area contributed by atoms with Crippen molar-refractivity contribution in [3.63, 3.8) is 0 Å². The number of amides is 2. The molecule has 0 fully saturated rings. The molecule has 0 saturated heterocycles. The van der Waals surface area contributed by atoms with Crippen molar-refractivity contribution in [2.45, 2.75) is 47.3 Å². The number of nitrogens with one attached hydrogen (secondary N) is 1. The number of hydrogen-bond acceptors (Lipinski definition) is 18. The van der Waals surface area contributed by atoms with Crippen molar-refractivity contribution in [2.75, 3.05) is 15.4 Å². The molecule has 0 spiro atoms. The molecule has 1 heterocycles. The van der Waals surface area contributed by atoms with Crippen molar-refractivity contribution in [1.82, 2.24) is 5.16 Å². The van der Waals surface area contributed by atoms with Crippen molar-refractivity contribution in [3.05, 3.63) is 78.0 Å². The summed E-state index contributed by atoms with van der Waals surface area (Å²) < 4.78 is 124. The second-order valence-corrected chi connectivity index (χ2v) is 17.6. The first-order chi connectivity index (χ1) is 25.7. The molecule has 0 bridgehead atoms. The molecule has 1 aromatic heterocycles. The van der Waals surface area contributed by atoms with E-state index in [1.807, 2.05) is 0 Å². The second-order valence-electron chi connectivity index (χ2n) is 11.5. The monoisotopic (exact) mass is 897 g/mol. The van der Waals surface area contributed by atoms with E-state index in [4.69, 9.17) is 15.4 Å². The van der Waals surface area contributed by atoms with Crippen molar-refractivity contribution >= 4 is 91.5 Å². The van der Waals surface area contributed by atoms with Gasteiger partial charge in [0.15, 0.2) is 5.75 Å². The number of aryl methyl sites for hydroxylation is 1. The molecule has 6 N–H and O–H groups in total. The third-order valence-corrected chi connectivity index (χ3v) is 11.9. The molecule has 0 unspecified atom stereocenters. The number of sulfonamides is 2. The van der Waals surface area contributed by atoms with Crippen LogP contribution in [-0.4, -0.2) is 64.9 Å². The molecule has 5 rings (SSSR count). The number of rotatable bonds is 9. The topological polar surface area (TPSA) is 355 Å². The van der Waals surface area contributed by atoms with Crippen molar-refractivity contribution in [3.8, 4) is 5.75 Å². The first-order valence-electron chi connectivity index (χ1n) is 15.2. The number of hydrogen-bond donors (Lipinski definition) is 4. The van der Waals surface area contributed by atoms with E-state index in [9.17, 15) is 57.5 Å². The van der Waals surface area contributed by atoms with Crippen LogP contribution in [-0.2, 0) is 49.9 Å². The number of anilines is 3. The fraction of sp³-hybridized carbons (Fsp3) is 0.129. The summed E-state index contributed by atoms with van der Waals surface area (Å²) in [5.41, 5.74) is 5.63. The summed E-state index contributed by atoms with van der Waals surface area (Å²) in [5.74, 6) is -2.47. The Morgan fingerprint density at radius 3 is 1.78 bits per heavy atom.